The molecular formula is C22H27BrN2O4. The molecule has 156 valence electrons. The molecule has 6 nitrogen and oxygen atoms in total. The van der Waals surface area contributed by atoms with Crippen molar-refractivity contribution in [2.75, 3.05) is 26.1 Å². The minimum atomic E-state index is -0.503. The Morgan fingerprint density at radius 2 is 1.86 bits per heavy atom. The van der Waals surface area contributed by atoms with E-state index in [2.05, 4.69) is 28.2 Å². The molecular weight excluding hydrogens is 436 g/mol. The Balaban J connectivity index is 1.96. The van der Waals surface area contributed by atoms with Crippen molar-refractivity contribution in [1.82, 2.24) is 4.90 Å². The SMILES string of the molecule is CC[C@@H](COC(=O)Nc1ccc(C)c(CN(C)C(=O)OC)c1)c1ccc(Br)cc1. The third-order valence-electron chi connectivity index (χ3n) is 4.74. The van der Waals surface area contributed by atoms with Crippen LogP contribution in [0.3, 0.4) is 0 Å². The van der Waals surface area contributed by atoms with E-state index in [1.54, 1.807) is 7.05 Å². The quantitative estimate of drug-likeness (QED) is 0.572. The van der Waals surface area contributed by atoms with Gasteiger partial charge in [0.1, 0.15) is 6.61 Å². The number of halogens is 1. The van der Waals surface area contributed by atoms with Gasteiger partial charge in [0.25, 0.3) is 0 Å². The second kappa shape index (κ2) is 10.9. The molecule has 2 aromatic rings. The second-order valence-electron chi connectivity index (χ2n) is 6.85. The van der Waals surface area contributed by atoms with Crippen LogP contribution in [0.15, 0.2) is 46.9 Å². The predicted octanol–water partition coefficient (Wildman–Crippen LogP) is 5.70. The Labute approximate surface area is 180 Å². The highest BCUT2D eigenvalue weighted by Crippen LogP contribution is 2.23. The zero-order valence-electron chi connectivity index (χ0n) is 17.2. The standard InChI is InChI=1S/C22H27BrN2O4/c1-5-16(17-7-9-19(23)10-8-17)14-29-21(26)24-20-11-6-15(2)18(12-20)13-25(3)22(27)28-4/h6-12,16H,5,13-14H2,1-4H3,(H,24,26)/t16-/m0/s1. The molecule has 0 bridgehead atoms. The summed E-state index contributed by atoms with van der Waals surface area (Å²) in [4.78, 5) is 25.3. The molecule has 1 N–H and O–H groups in total. The van der Waals surface area contributed by atoms with Gasteiger partial charge in [-0.1, -0.05) is 41.1 Å². The molecule has 0 unspecified atom stereocenters. The molecule has 0 aliphatic heterocycles. The zero-order chi connectivity index (χ0) is 21.4. The first kappa shape index (κ1) is 22.7. The lowest BCUT2D eigenvalue weighted by atomic mass is 9.98. The molecule has 29 heavy (non-hydrogen) atoms. The third kappa shape index (κ3) is 6.78. The maximum atomic E-state index is 12.3. The number of rotatable bonds is 7. The van der Waals surface area contributed by atoms with E-state index in [-0.39, 0.29) is 5.92 Å². The number of benzene rings is 2. The first-order chi connectivity index (χ1) is 13.8. The number of ether oxygens (including phenoxy) is 2. The Morgan fingerprint density at radius 3 is 2.48 bits per heavy atom. The van der Waals surface area contributed by atoms with Gasteiger partial charge >= 0.3 is 12.2 Å². The number of carbonyl (C=O) groups excluding carboxylic acids is 2. The predicted molar refractivity (Wildman–Crippen MR) is 117 cm³/mol. The van der Waals surface area contributed by atoms with E-state index in [1.165, 1.54) is 12.0 Å². The minimum Gasteiger partial charge on any atom is -0.453 e. The average molecular weight is 463 g/mol. The summed E-state index contributed by atoms with van der Waals surface area (Å²) in [5.41, 5.74) is 3.68. The van der Waals surface area contributed by atoms with Crippen LogP contribution in [0.4, 0.5) is 15.3 Å². The summed E-state index contributed by atoms with van der Waals surface area (Å²) in [6.45, 7) is 4.70. The van der Waals surface area contributed by atoms with E-state index in [1.807, 2.05) is 49.4 Å². The lowest BCUT2D eigenvalue weighted by molar-refractivity contribution is 0.131. The summed E-state index contributed by atoms with van der Waals surface area (Å²) >= 11 is 3.43. The number of amides is 2. The summed E-state index contributed by atoms with van der Waals surface area (Å²) in [7, 11) is 3.00. The molecule has 0 saturated heterocycles. The van der Waals surface area contributed by atoms with Crippen LogP contribution in [-0.4, -0.2) is 37.9 Å². The van der Waals surface area contributed by atoms with Gasteiger partial charge in [-0.05, 0) is 54.3 Å². The zero-order valence-corrected chi connectivity index (χ0v) is 18.8. The van der Waals surface area contributed by atoms with E-state index < -0.39 is 12.2 Å². The first-order valence-electron chi connectivity index (χ1n) is 9.41. The number of aryl methyl sites for hydroxylation is 1. The van der Waals surface area contributed by atoms with Gasteiger partial charge in [0.15, 0.2) is 0 Å². The maximum absolute atomic E-state index is 12.3. The highest BCUT2D eigenvalue weighted by Gasteiger charge is 2.14. The third-order valence-corrected chi connectivity index (χ3v) is 5.27. The number of hydrogen-bond acceptors (Lipinski definition) is 4. The highest BCUT2D eigenvalue weighted by molar-refractivity contribution is 9.10. The summed E-state index contributed by atoms with van der Waals surface area (Å²) in [6, 6.07) is 13.6. The van der Waals surface area contributed by atoms with Gasteiger partial charge in [0, 0.05) is 29.7 Å². The van der Waals surface area contributed by atoms with Crippen LogP contribution in [-0.2, 0) is 16.0 Å². The van der Waals surface area contributed by atoms with Gasteiger partial charge in [-0.15, -0.1) is 0 Å². The summed E-state index contributed by atoms with van der Waals surface area (Å²) in [5.74, 6) is 0.135. The molecule has 0 aromatic heterocycles. The molecule has 0 radical (unpaired) electrons. The van der Waals surface area contributed by atoms with E-state index in [0.29, 0.717) is 18.8 Å². The minimum absolute atomic E-state index is 0.135. The van der Waals surface area contributed by atoms with Crippen LogP contribution in [0, 0.1) is 6.92 Å². The van der Waals surface area contributed by atoms with Crippen LogP contribution in [0.2, 0.25) is 0 Å². The van der Waals surface area contributed by atoms with Gasteiger partial charge in [0.05, 0.1) is 7.11 Å². The van der Waals surface area contributed by atoms with Crippen LogP contribution in [0.1, 0.15) is 36.0 Å². The largest absolute Gasteiger partial charge is 0.453 e. The molecule has 0 fully saturated rings. The number of nitrogens with one attached hydrogen (secondary N) is 1. The lowest BCUT2D eigenvalue weighted by Crippen LogP contribution is -2.26. The number of hydrogen-bond donors (Lipinski definition) is 1. The molecule has 0 heterocycles. The van der Waals surface area contributed by atoms with Crippen molar-refractivity contribution in [2.45, 2.75) is 32.7 Å². The van der Waals surface area contributed by atoms with Crippen molar-refractivity contribution >= 4 is 33.8 Å². The monoisotopic (exact) mass is 462 g/mol. The fourth-order valence-corrected chi connectivity index (χ4v) is 3.17. The van der Waals surface area contributed by atoms with Gasteiger partial charge in [-0.25, -0.2) is 9.59 Å². The molecule has 0 aliphatic rings. The van der Waals surface area contributed by atoms with Gasteiger partial charge in [-0.2, -0.15) is 0 Å². The summed E-state index contributed by atoms with van der Waals surface area (Å²) < 4.78 is 11.2. The maximum Gasteiger partial charge on any atom is 0.411 e. The Kier molecular flexibility index (Phi) is 8.51. The van der Waals surface area contributed by atoms with E-state index in [9.17, 15) is 9.59 Å². The molecule has 2 aromatic carbocycles. The Morgan fingerprint density at radius 1 is 1.17 bits per heavy atom. The Hall–Kier alpha value is -2.54. The number of nitrogens with zero attached hydrogens (tertiary/aromatic N) is 1. The van der Waals surface area contributed by atoms with Crippen molar-refractivity contribution in [3.05, 3.63) is 63.6 Å². The number of carbonyl (C=O) groups is 2. The fraction of sp³-hybridized carbons (Fsp3) is 0.364. The van der Waals surface area contributed by atoms with Crippen molar-refractivity contribution in [1.29, 1.82) is 0 Å². The van der Waals surface area contributed by atoms with Crippen molar-refractivity contribution in [2.24, 2.45) is 0 Å². The molecule has 0 spiro atoms. The number of anilines is 1. The van der Waals surface area contributed by atoms with Crippen LogP contribution >= 0.6 is 15.9 Å². The topological polar surface area (TPSA) is 67.9 Å². The molecule has 0 saturated carbocycles. The Bertz CT molecular complexity index is 839. The molecule has 0 aliphatic carbocycles. The van der Waals surface area contributed by atoms with Crippen LogP contribution in [0.5, 0.6) is 0 Å². The van der Waals surface area contributed by atoms with Crippen molar-refractivity contribution in [3.63, 3.8) is 0 Å². The molecule has 1 atom stereocenters. The van der Waals surface area contributed by atoms with Crippen molar-refractivity contribution < 1.29 is 19.1 Å². The van der Waals surface area contributed by atoms with Gasteiger partial charge < -0.3 is 14.4 Å². The highest BCUT2D eigenvalue weighted by atomic mass is 79.9. The second-order valence-corrected chi connectivity index (χ2v) is 7.76. The number of methoxy groups -OCH3 is 1. The summed E-state index contributed by atoms with van der Waals surface area (Å²) in [5, 5.41) is 2.76. The van der Waals surface area contributed by atoms with E-state index >= 15 is 0 Å². The van der Waals surface area contributed by atoms with E-state index in [0.717, 1.165) is 27.6 Å². The van der Waals surface area contributed by atoms with Crippen LogP contribution < -0.4 is 5.32 Å². The smallest absolute Gasteiger partial charge is 0.411 e. The lowest BCUT2D eigenvalue weighted by Gasteiger charge is -2.18. The molecule has 2 rings (SSSR count). The average Bonchev–Trinajstić information content (AvgIpc) is 2.71. The molecule has 2 amide bonds. The molecule has 7 heteroatoms. The first-order valence-corrected chi connectivity index (χ1v) is 10.2. The van der Waals surface area contributed by atoms with Gasteiger partial charge in [0.2, 0.25) is 0 Å². The van der Waals surface area contributed by atoms with Crippen LogP contribution in [0.25, 0.3) is 0 Å². The summed E-state index contributed by atoms with van der Waals surface area (Å²) in [6.07, 6.45) is -0.0545. The van der Waals surface area contributed by atoms with Gasteiger partial charge in [-0.3, -0.25) is 5.32 Å². The normalized spacial score (nSPS) is 11.5. The fourth-order valence-electron chi connectivity index (χ4n) is 2.91. The van der Waals surface area contributed by atoms with Crippen molar-refractivity contribution in [3.8, 4) is 0 Å². The van der Waals surface area contributed by atoms with E-state index in [4.69, 9.17) is 9.47 Å².